The van der Waals surface area contributed by atoms with Gasteiger partial charge in [-0.15, -0.1) is 11.3 Å². The molecular formula is C13H14N2O2S. The lowest BCUT2D eigenvalue weighted by molar-refractivity contribution is -0.139. The Morgan fingerprint density at radius 3 is 2.94 bits per heavy atom. The van der Waals surface area contributed by atoms with E-state index >= 15 is 0 Å². The third-order valence-corrected chi connectivity index (χ3v) is 3.69. The van der Waals surface area contributed by atoms with Crippen LogP contribution in [0.15, 0.2) is 11.4 Å². The SMILES string of the molecule is CC1CC(=O)N(Cc2cc(C#CCN)cs2)C1=O. The molecule has 2 N–H and O–H groups in total. The summed E-state index contributed by atoms with van der Waals surface area (Å²) in [5, 5.41) is 1.91. The summed E-state index contributed by atoms with van der Waals surface area (Å²) in [5.41, 5.74) is 6.18. The van der Waals surface area contributed by atoms with Gasteiger partial charge in [-0.3, -0.25) is 14.5 Å². The molecule has 0 spiro atoms. The van der Waals surface area contributed by atoms with Gasteiger partial charge in [-0.05, 0) is 6.07 Å². The van der Waals surface area contributed by atoms with Crippen LogP contribution in [0.2, 0.25) is 0 Å². The highest BCUT2D eigenvalue weighted by atomic mass is 32.1. The van der Waals surface area contributed by atoms with Crippen LogP contribution in [-0.4, -0.2) is 23.3 Å². The fourth-order valence-electron chi connectivity index (χ4n) is 1.85. The van der Waals surface area contributed by atoms with Gasteiger partial charge in [-0.2, -0.15) is 0 Å². The number of carbonyl (C=O) groups excluding carboxylic acids is 2. The van der Waals surface area contributed by atoms with E-state index < -0.39 is 0 Å². The molecule has 0 aliphatic carbocycles. The molecule has 0 saturated carbocycles. The zero-order valence-corrected chi connectivity index (χ0v) is 10.9. The molecule has 2 amide bonds. The lowest BCUT2D eigenvalue weighted by Gasteiger charge is -2.12. The molecule has 0 radical (unpaired) electrons. The summed E-state index contributed by atoms with van der Waals surface area (Å²) in [7, 11) is 0. The molecule has 18 heavy (non-hydrogen) atoms. The molecule has 94 valence electrons. The van der Waals surface area contributed by atoms with Crippen LogP contribution >= 0.6 is 11.3 Å². The maximum Gasteiger partial charge on any atom is 0.232 e. The molecule has 1 atom stereocenters. The van der Waals surface area contributed by atoms with Gasteiger partial charge in [0.1, 0.15) is 0 Å². The van der Waals surface area contributed by atoms with Crippen LogP contribution in [0.4, 0.5) is 0 Å². The minimum absolute atomic E-state index is 0.0806. The zero-order valence-electron chi connectivity index (χ0n) is 10.1. The maximum absolute atomic E-state index is 11.8. The first-order valence-corrected chi connectivity index (χ1v) is 6.60. The Morgan fingerprint density at radius 2 is 2.33 bits per heavy atom. The lowest BCUT2D eigenvalue weighted by Crippen LogP contribution is -2.29. The summed E-state index contributed by atoms with van der Waals surface area (Å²) < 4.78 is 0. The smallest absolute Gasteiger partial charge is 0.232 e. The number of likely N-dealkylation sites (tertiary alicyclic amines) is 1. The summed E-state index contributed by atoms with van der Waals surface area (Å²) in [6.45, 7) is 2.47. The average molecular weight is 262 g/mol. The van der Waals surface area contributed by atoms with Crippen LogP contribution in [0.3, 0.4) is 0 Å². The molecular weight excluding hydrogens is 248 g/mol. The Morgan fingerprint density at radius 1 is 1.56 bits per heavy atom. The second kappa shape index (κ2) is 5.34. The number of nitrogens with two attached hydrogens (primary N) is 1. The van der Waals surface area contributed by atoms with E-state index in [2.05, 4.69) is 11.8 Å². The van der Waals surface area contributed by atoms with E-state index in [0.717, 1.165) is 10.4 Å². The van der Waals surface area contributed by atoms with E-state index in [1.165, 1.54) is 16.2 Å². The Bertz CT molecular complexity index is 539. The number of nitrogens with zero attached hydrogens (tertiary/aromatic N) is 1. The molecule has 0 bridgehead atoms. The lowest BCUT2D eigenvalue weighted by atomic mass is 10.1. The molecule has 1 saturated heterocycles. The van der Waals surface area contributed by atoms with Crippen molar-refractivity contribution in [2.24, 2.45) is 11.7 Å². The Kier molecular flexibility index (Phi) is 3.80. The summed E-state index contributed by atoms with van der Waals surface area (Å²) in [4.78, 5) is 25.7. The first kappa shape index (κ1) is 12.8. The summed E-state index contributed by atoms with van der Waals surface area (Å²) in [6.07, 6.45) is 0.323. The monoisotopic (exact) mass is 262 g/mol. The zero-order chi connectivity index (χ0) is 13.1. The van der Waals surface area contributed by atoms with Gasteiger partial charge in [-0.1, -0.05) is 18.8 Å². The van der Waals surface area contributed by atoms with Crippen molar-refractivity contribution in [2.45, 2.75) is 19.9 Å². The normalized spacial score (nSPS) is 19.0. The Labute approximate surface area is 110 Å². The predicted octanol–water partition coefficient (Wildman–Crippen LogP) is 0.953. The second-order valence-electron chi connectivity index (χ2n) is 4.23. The van der Waals surface area contributed by atoms with E-state index in [-0.39, 0.29) is 17.7 Å². The number of thiophene rings is 1. The van der Waals surface area contributed by atoms with Gasteiger partial charge in [0.25, 0.3) is 0 Å². The summed E-state index contributed by atoms with van der Waals surface area (Å²) >= 11 is 1.50. The number of amides is 2. The van der Waals surface area contributed by atoms with Gasteiger partial charge in [0, 0.05) is 28.2 Å². The number of imide groups is 1. The number of rotatable bonds is 2. The van der Waals surface area contributed by atoms with Crippen molar-refractivity contribution in [2.75, 3.05) is 6.54 Å². The molecule has 2 heterocycles. The molecule has 1 aliphatic heterocycles. The van der Waals surface area contributed by atoms with Crippen LogP contribution in [0, 0.1) is 17.8 Å². The van der Waals surface area contributed by atoms with Gasteiger partial charge in [-0.25, -0.2) is 0 Å². The van der Waals surface area contributed by atoms with Crippen molar-refractivity contribution in [3.8, 4) is 11.8 Å². The molecule has 2 rings (SSSR count). The standard InChI is InChI=1S/C13H14N2O2S/c1-9-5-12(16)15(13(9)17)7-11-6-10(8-18-11)3-2-4-14/h6,8-9H,4-5,7,14H2,1H3. The van der Waals surface area contributed by atoms with Crippen molar-refractivity contribution in [3.63, 3.8) is 0 Å². The minimum atomic E-state index is -0.186. The molecule has 5 heteroatoms. The van der Waals surface area contributed by atoms with Gasteiger partial charge in [0.15, 0.2) is 0 Å². The van der Waals surface area contributed by atoms with Gasteiger partial charge in [0.2, 0.25) is 11.8 Å². The van der Waals surface area contributed by atoms with E-state index in [1.807, 2.05) is 11.4 Å². The van der Waals surface area contributed by atoms with Gasteiger partial charge >= 0.3 is 0 Å². The number of hydrogen-bond donors (Lipinski definition) is 1. The summed E-state index contributed by atoms with van der Waals surface area (Å²) in [5.74, 6) is 5.35. The van der Waals surface area contributed by atoms with Crippen molar-refractivity contribution < 1.29 is 9.59 Å². The van der Waals surface area contributed by atoms with Crippen molar-refractivity contribution in [1.29, 1.82) is 0 Å². The molecule has 1 aromatic heterocycles. The molecule has 1 unspecified atom stereocenters. The number of hydrogen-bond acceptors (Lipinski definition) is 4. The van der Waals surface area contributed by atoms with Crippen LogP contribution in [0.25, 0.3) is 0 Å². The first-order valence-electron chi connectivity index (χ1n) is 5.72. The molecule has 1 aliphatic rings. The third-order valence-electron chi connectivity index (χ3n) is 2.77. The molecule has 0 aromatic carbocycles. The maximum atomic E-state index is 11.8. The highest BCUT2D eigenvalue weighted by molar-refractivity contribution is 7.10. The van der Waals surface area contributed by atoms with E-state index in [4.69, 9.17) is 5.73 Å². The fourth-order valence-corrected chi connectivity index (χ4v) is 2.66. The van der Waals surface area contributed by atoms with Crippen molar-refractivity contribution in [3.05, 3.63) is 21.9 Å². The van der Waals surface area contributed by atoms with Crippen LogP contribution in [0.1, 0.15) is 23.8 Å². The van der Waals surface area contributed by atoms with E-state index in [0.29, 0.717) is 19.5 Å². The Hall–Kier alpha value is -1.64. The molecule has 1 aromatic rings. The summed E-state index contributed by atoms with van der Waals surface area (Å²) in [6, 6.07) is 1.90. The molecule has 4 nitrogen and oxygen atoms in total. The predicted molar refractivity (Wildman–Crippen MR) is 69.6 cm³/mol. The number of carbonyl (C=O) groups is 2. The highest BCUT2D eigenvalue weighted by Crippen LogP contribution is 2.23. The van der Waals surface area contributed by atoms with Crippen molar-refractivity contribution in [1.82, 2.24) is 4.90 Å². The fraction of sp³-hybridized carbons (Fsp3) is 0.385. The Balaban J connectivity index is 2.08. The largest absolute Gasteiger partial charge is 0.320 e. The van der Waals surface area contributed by atoms with Crippen LogP contribution in [0.5, 0.6) is 0 Å². The van der Waals surface area contributed by atoms with E-state index in [9.17, 15) is 9.59 Å². The van der Waals surface area contributed by atoms with Gasteiger partial charge < -0.3 is 5.73 Å². The minimum Gasteiger partial charge on any atom is -0.320 e. The van der Waals surface area contributed by atoms with Crippen molar-refractivity contribution >= 4 is 23.2 Å². The second-order valence-corrected chi connectivity index (χ2v) is 5.23. The van der Waals surface area contributed by atoms with Crippen LogP contribution < -0.4 is 5.73 Å². The average Bonchev–Trinajstić information content (AvgIpc) is 2.88. The van der Waals surface area contributed by atoms with Crippen LogP contribution in [-0.2, 0) is 16.1 Å². The van der Waals surface area contributed by atoms with E-state index in [1.54, 1.807) is 6.92 Å². The topological polar surface area (TPSA) is 63.4 Å². The quantitative estimate of drug-likeness (QED) is 0.637. The molecule has 1 fully saturated rings. The van der Waals surface area contributed by atoms with Gasteiger partial charge in [0.05, 0.1) is 13.1 Å². The first-order chi connectivity index (χ1) is 8.61. The third kappa shape index (κ3) is 2.61. The highest BCUT2D eigenvalue weighted by Gasteiger charge is 2.35.